The molecule has 1 saturated heterocycles. The Balaban J connectivity index is 1.84. The van der Waals surface area contributed by atoms with Crippen molar-refractivity contribution >= 4 is 21.5 Å². The van der Waals surface area contributed by atoms with E-state index in [4.69, 9.17) is 0 Å². The largest absolute Gasteiger partial charge is 0.481 e. The number of aliphatic carboxylic acids is 1. The predicted octanol–water partition coefficient (Wildman–Crippen LogP) is 1.01. The molecule has 1 fully saturated rings. The molecule has 0 radical (unpaired) electrons. The maximum Gasteiger partial charge on any atom is 0.307 e. The Morgan fingerprint density at radius 3 is 2.90 bits per heavy atom. The summed E-state index contributed by atoms with van der Waals surface area (Å²) in [5.74, 6) is -1.91. The molecule has 2 aromatic heterocycles. The lowest BCUT2D eigenvalue weighted by atomic mass is 9.88. The second-order valence-corrected chi connectivity index (χ2v) is 7.74. The Morgan fingerprint density at radius 1 is 1.48 bits per heavy atom. The number of hydrogen-bond donors (Lipinski definition) is 1. The summed E-state index contributed by atoms with van der Waals surface area (Å²) in [4.78, 5) is 15.9. The maximum absolute atomic E-state index is 11.5. The minimum atomic E-state index is -3.08. The first-order valence-electron chi connectivity index (χ1n) is 6.80. The normalized spacial score (nSPS) is 22.4. The van der Waals surface area contributed by atoms with E-state index in [0.717, 1.165) is 5.65 Å². The fraction of sp³-hybridized carbons (Fsp3) is 0.429. The molecular formula is C14H16N2O4S. The van der Waals surface area contributed by atoms with Crippen molar-refractivity contribution in [1.82, 2.24) is 9.38 Å². The summed E-state index contributed by atoms with van der Waals surface area (Å²) in [6, 6.07) is 5.58. The van der Waals surface area contributed by atoms with Gasteiger partial charge in [0, 0.05) is 18.8 Å². The van der Waals surface area contributed by atoms with Crippen molar-refractivity contribution in [3.05, 3.63) is 36.3 Å². The molecule has 2 aromatic rings. The molecular weight excluding hydrogens is 292 g/mol. The van der Waals surface area contributed by atoms with E-state index in [1.807, 2.05) is 28.8 Å². The highest BCUT2D eigenvalue weighted by Crippen LogP contribution is 2.28. The molecule has 2 atom stereocenters. The predicted molar refractivity (Wildman–Crippen MR) is 76.8 cm³/mol. The summed E-state index contributed by atoms with van der Waals surface area (Å²) in [6.07, 6.45) is 4.33. The quantitative estimate of drug-likeness (QED) is 0.910. The first kappa shape index (κ1) is 14.1. The van der Waals surface area contributed by atoms with Gasteiger partial charge in [0.1, 0.15) is 5.65 Å². The lowest BCUT2D eigenvalue weighted by Gasteiger charge is -2.16. The Hall–Kier alpha value is -1.89. The summed E-state index contributed by atoms with van der Waals surface area (Å²) >= 11 is 0. The molecule has 7 heteroatoms. The van der Waals surface area contributed by atoms with Crippen LogP contribution in [0.25, 0.3) is 5.65 Å². The Morgan fingerprint density at radius 2 is 2.29 bits per heavy atom. The minimum Gasteiger partial charge on any atom is -0.481 e. The number of aromatic nitrogens is 2. The van der Waals surface area contributed by atoms with Crippen LogP contribution in [-0.2, 0) is 21.1 Å². The van der Waals surface area contributed by atoms with Crippen LogP contribution >= 0.6 is 0 Å². The van der Waals surface area contributed by atoms with E-state index in [1.54, 1.807) is 6.20 Å². The van der Waals surface area contributed by atoms with Crippen LogP contribution in [0.5, 0.6) is 0 Å². The molecule has 6 nitrogen and oxygen atoms in total. The van der Waals surface area contributed by atoms with Crippen molar-refractivity contribution in [2.45, 2.75) is 12.8 Å². The minimum absolute atomic E-state index is 0.0304. The third kappa shape index (κ3) is 2.92. The second kappa shape index (κ2) is 5.14. The van der Waals surface area contributed by atoms with E-state index in [-0.39, 0.29) is 23.8 Å². The van der Waals surface area contributed by atoms with Gasteiger partial charge in [0.25, 0.3) is 0 Å². The van der Waals surface area contributed by atoms with Crippen molar-refractivity contribution in [2.75, 3.05) is 11.5 Å². The van der Waals surface area contributed by atoms with Gasteiger partial charge >= 0.3 is 5.97 Å². The summed E-state index contributed by atoms with van der Waals surface area (Å²) in [5.41, 5.74) is 1.44. The zero-order chi connectivity index (χ0) is 15.0. The molecule has 0 aromatic carbocycles. The Bertz CT molecular complexity index is 748. The van der Waals surface area contributed by atoms with Crippen molar-refractivity contribution in [1.29, 1.82) is 0 Å². The average Bonchev–Trinajstić information content (AvgIpc) is 2.98. The number of hydrogen-bond acceptors (Lipinski definition) is 4. The third-order valence-corrected chi connectivity index (χ3v) is 5.79. The summed E-state index contributed by atoms with van der Waals surface area (Å²) in [5, 5.41) is 9.41. The number of imidazole rings is 1. The number of carboxylic acids is 1. The maximum atomic E-state index is 11.5. The topological polar surface area (TPSA) is 88.7 Å². The van der Waals surface area contributed by atoms with Crippen molar-refractivity contribution in [2.24, 2.45) is 11.8 Å². The van der Waals surface area contributed by atoms with Gasteiger partial charge in [0.2, 0.25) is 0 Å². The van der Waals surface area contributed by atoms with Crippen LogP contribution in [0.1, 0.15) is 12.1 Å². The van der Waals surface area contributed by atoms with E-state index in [9.17, 15) is 18.3 Å². The lowest BCUT2D eigenvalue weighted by molar-refractivity contribution is -0.143. The highest BCUT2D eigenvalue weighted by Gasteiger charge is 2.37. The van der Waals surface area contributed by atoms with E-state index >= 15 is 0 Å². The van der Waals surface area contributed by atoms with Crippen LogP contribution in [0.4, 0.5) is 0 Å². The first-order valence-corrected chi connectivity index (χ1v) is 8.62. The van der Waals surface area contributed by atoms with Gasteiger partial charge in [-0.05, 0) is 24.5 Å². The van der Waals surface area contributed by atoms with Gasteiger partial charge in [0.05, 0.1) is 23.1 Å². The van der Waals surface area contributed by atoms with Crippen LogP contribution < -0.4 is 0 Å². The number of sulfone groups is 1. The van der Waals surface area contributed by atoms with Crippen LogP contribution in [0.3, 0.4) is 0 Å². The number of pyridine rings is 1. The fourth-order valence-corrected chi connectivity index (χ4v) is 4.79. The Labute approximate surface area is 122 Å². The Kier molecular flexibility index (Phi) is 3.44. The standard InChI is InChI=1S/C14H16N2O4S/c17-14(18)12(10-4-6-21(19,20)9-10)7-11-8-16-5-2-1-3-13(16)15-11/h1-3,5,8,10,12H,4,6-7,9H2,(H,17,18). The monoisotopic (exact) mass is 308 g/mol. The molecule has 0 saturated carbocycles. The van der Waals surface area contributed by atoms with Crippen molar-refractivity contribution in [3.8, 4) is 0 Å². The molecule has 1 N–H and O–H groups in total. The van der Waals surface area contributed by atoms with Crippen molar-refractivity contribution in [3.63, 3.8) is 0 Å². The molecule has 0 spiro atoms. The van der Waals surface area contributed by atoms with E-state index in [1.165, 1.54) is 0 Å². The number of nitrogens with zero attached hydrogens (tertiary/aromatic N) is 2. The molecule has 3 rings (SSSR count). The van der Waals surface area contributed by atoms with Gasteiger partial charge in [0.15, 0.2) is 9.84 Å². The number of carboxylic acid groups (broad SMARTS) is 1. The summed E-state index contributed by atoms with van der Waals surface area (Å²) in [7, 11) is -3.08. The van der Waals surface area contributed by atoms with Crippen LogP contribution in [0, 0.1) is 11.8 Å². The molecule has 1 aliphatic heterocycles. The van der Waals surface area contributed by atoms with E-state index in [0.29, 0.717) is 12.1 Å². The number of carbonyl (C=O) groups is 1. The smallest absolute Gasteiger partial charge is 0.307 e. The zero-order valence-electron chi connectivity index (χ0n) is 11.3. The molecule has 0 aliphatic carbocycles. The van der Waals surface area contributed by atoms with Gasteiger partial charge in [-0.25, -0.2) is 13.4 Å². The molecule has 3 heterocycles. The summed E-state index contributed by atoms with van der Waals surface area (Å²) in [6.45, 7) is 0. The zero-order valence-corrected chi connectivity index (χ0v) is 12.2. The highest BCUT2D eigenvalue weighted by molar-refractivity contribution is 7.91. The number of rotatable bonds is 4. The summed E-state index contributed by atoms with van der Waals surface area (Å²) < 4.78 is 24.9. The fourth-order valence-electron chi connectivity index (χ4n) is 2.91. The molecule has 0 bridgehead atoms. The van der Waals surface area contributed by atoms with Crippen LogP contribution in [0.2, 0.25) is 0 Å². The molecule has 2 unspecified atom stereocenters. The SMILES string of the molecule is O=C(O)C(Cc1cn2ccccc2n1)C1CCS(=O)(=O)C1. The highest BCUT2D eigenvalue weighted by atomic mass is 32.2. The molecule has 21 heavy (non-hydrogen) atoms. The van der Waals surface area contributed by atoms with Gasteiger partial charge < -0.3 is 9.51 Å². The van der Waals surface area contributed by atoms with E-state index in [2.05, 4.69) is 4.98 Å². The lowest BCUT2D eigenvalue weighted by Crippen LogP contribution is -2.26. The third-order valence-electron chi connectivity index (χ3n) is 4.00. The molecule has 0 amide bonds. The van der Waals surface area contributed by atoms with Gasteiger partial charge in [-0.1, -0.05) is 6.07 Å². The van der Waals surface area contributed by atoms with Gasteiger partial charge in [-0.2, -0.15) is 0 Å². The first-order chi connectivity index (χ1) is 9.94. The van der Waals surface area contributed by atoms with E-state index < -0.39 is 21.7 Å². The molecule has 112 valence electrons. The van der Waals surface area contributed by atoms with Crippen LogP contribution in [-0.4, -0.2) is 40.4 Å². The second-order valence-electron chi connectivity index (χ2n) is 5.51. The molecule has 1 aliphatic rings. The van der Waals surface area contributed by atoms with Crippen molar-refractivity contribution < 1.29 is 18.3 Å². The van der Waals surface area contributed by atoms with Crippen LogP contribution in [0.15, 0.2) is 30.6 Å². The van der Waals surface area contributed by atoms with Gasteiger partial charge in [-0.3, -0.25) is 4.79 Å². The van der Waals surface area contributed by atoms with Gasteiger partial charge in [-0.15, -0.1) is 0 Å². The number of fused-ring (bicyclic) bond motifs is 1. The average molecular weight is 308 g/mol.